The predicted molar refractivity (Wildman–Crippen MR) is 76.4 cm³/mol. The van der Waals surface area contributed by atoms with Crippen LogP contribution in [0.15, 0.2) is 30.6 Å². The van der Waals surface area contributed by atoms with Crippen LogP contribution in [0.3, 0.4) is 0 Å². The van der Waals surface area contributed by atoms with Crippen LogP contribution in [0.2, 0.25) is 0 Å². The van der Waals surface area contributed by atoms with Crippen molar-refractivity contribution in [2.75, 3.05) is 11.4 Å². The number of carboxylic acids is 1. The van der Waals surface area contributed by atoms with E-state index in [9.17, 15) is 9.59 Å². The van der Waals surface area contributed by atoms with Crippen LogP contribution in [0.4, 0.5) is 5.69 Å². The molecule has 6 nitrogen and oxygen atoms in total. The molecular weight excluding hydrogens is 270 g/mol. The maximum absolute atomic E-state index is 12.1. The second-order valence-electron chi connectivity index (χ2n) is 5.14. The zero-order valence-corrected chi connectivity index (χ0v) is 11.6. The molecule has 0 atom stereocenters. The Bertz CT molecular complexity index is 721. The van der Waals surface area contributed by atoms with E-state index in [4.69, 9.17) is 5.11 Å². The molecule has 0 unspecified atom stereocenters. The Balaban J connectivity index is 1.82. The zero-order valence-electron chi connectivity index (χ0n) is 11.6. The van der Waals surface area contributed by atoms with Crippen molar-refractivity contribution >= 4 is 17.6 Å². The number of nitrogens with zero attached hydrogens (tertiary/aromatic N) is 3. The van der Waals surface area contributed by atoms with Gasteiger partial charge in [-0.3, -0.25) is 9.48 Å². The van der Waals surface area contributed by atoms with Crippen LogP contribution in [0.1, 0.15) is 21.5 Å². The first-order chi connectivity index (χ1) is 10.0. The molecule has 6 heteroatoms. The number of anilines is 1. The van der Waals surface area contributed by atoms with Gasteiger partial charge in [-0.2, -0.15) is 5.10 Å². The van der Waals surface area contributed by atoms with Crippen molar-refractivity contribution < 1.29 is 14.7 Å². The number of amides is 1. The van der Waals surface area contributed by atoms with Crippen LogP contribution >= 0.6 is 0 Å². The summed E-state index contributed by atoms with van der Waals surface area (Å²) in [4.78, 5) is 24.8. The summed E-state index contributed by atoms with van der Waals surface area (Å²) in [5.41, 5.74) is 2.85. The Morgan fingerprint density at radius 1 is 1.43 bits per heavy atom. The first-order valence-electron chi connectivity index (χ1n) is 6.68. The van der Waals surface area contributed by atoms with E-state index in [2.05, 4.69) is 5.10 Å². The standard InChI is InChI=1S/C15H15N3O3/c1-17-9-10(8-16-17)4-5-18-13-6-12(15(20)21)3-2-11(13)7-14(18)19/h2-3,6,8-9H,4-5,7H2,1H3,(H,20,21). The number of hydrogen-bond acceptors (Lipinski definition) is 3. The van der Waals surface area contributed by atoms with E-state index in [-0.39, 0.29) is 11.5 Å². The molecule has 1 aliphatic rings. The minimum Gasteiger partial charge on any atom is -0.478 e. The topological polar surface area (TPSA) is 75.4 Å². The van der Waals surface area contributed by atoms with Gasteiger partial charge in [0.25, 0.3) is 0 Å². The molecule has 0 bridgehead atoms. The second-order valence-corrected chi connectivity index (χ2v) is 5.14. The molecule has 0 spiro atoms. The molecule has 0 saturated carbocycles. The Labute approximate surface area is 121 Å². The molecule has 1 aromatic carbocycles. The highest BCUT2D eigenvalue weighted by Crippen LogP contribution is 2.30. The van der Waals surface area contributed by atoms with Crippen LogP contribution in [0, 0.1) is 0 Å². The second kappa shape index (κ2) is 5.05. The van der Waals surface area contributed by atoms with E-state index in [0.717, 1.165) is 11.1 Å². The molecule has 1 aliphatic heterocycles. The van der Waals surface area contributed by atoms with E-state index in [1.165, 1.54) is 0 Å². The van der Waals surface area contributed by atoms with Crippen molar-refractivity contribution in [1.82, 2.24) is 9.78 Å². The number of carbonyl (C=O) groups is 2. The van der Waals surface area contributed by atoms with Crippen molar-refractivity contribution in [3.63, 3.8) is 0 Å². The van der Waals surface area contributed by atoms with Gasteiger partial charge < -0.3 is 10.0 Å². The highest BCUT2D eigenvalue weighted by molar-refractivity contribution is 6.03. The third-order valence-corrected chi connectivity index (χ3v) is 3.65. The summed E-state index contributed by atoms with van der Waals surface area (Å²) < 4.78 is 1.72. The van der Waals surface area contributed by atoms with Crippen LogP contribution in [-0.2, 0) is 24.7 Å². The highest BCUT2D eigenvalue weighted by Gasteiger charge is 2.27. The van der Waals surface area contributed by atoms with Crippen LogP contribution in [-0.4, -0.2) is 33.3 Å². The summed E-state index contributed by atoms with van der Waals surface area (Å²) in [5, 5.41) is 13.2. The van der Waals surface area contributed by atoms with Gasteiger partial charge in [0.2, 0.25) is 5.91 Å². The smallest absolute Gasteiger partial charge is 0.335 e. The molecule has 0 aliphatic carbocycles. The zero-order chi connectivity index (χ0) is 15.0. The van der Waals surface area contributed by atoms with E-state index < -0.39 is 5.97 Å². The summed E-state index contributed by atoms with van der Waals surface area (Å²) in [7, 11) is 1.85. The molecule has 1 N–H and O–H groups in total. The number of aryl methyl sites for hydroxylation is 1. The van der Waals surface area contributed by atoms with Crippen molar-refractivity contribution in [2.45, 2.75) is 12.8 Å². The number of rotatable bonds is 4. The van der Waals surface area contributed by atoms with Crippen molar-refractivity contribution in [1.29, 1.82) is 0 Å². The fourth-order valence-electron chi connectivity index (χ4n) is 2.58. The Morgan fingerprint density at radius 2 is 2.24 bits per heavy atom. The van der Waals surface area contributed by atoms with Gasteiger partial charge in [0.15, 0.2) is 0 Å². The SMILES string of the molecule is Cn1cc(CCN2C(=O)Cc3ccc(C(=O)O)cc32)cn1. The lowest BCUT2D eigenvalue weighted by Gasteiger charge is -2.17. The quantitative estimate of drug-likeness (QED) is 0.917. The van der Waals surface area contributed by atoms with Crippen LogP contribution in [0.5, 0.6) is 0 Å². The van der Waals surface area contributed by atoms with Gasteiger partial charge in [0.1, 0.15) is 0 Å². The maximum atomic E-state index is 12.1. The molecule has 3 rings (SSSR count). The Morgan fingerprint density at radius 3 is 2.90 bits per heavy atom. The number of fused-ring (bicyclic) bond motifs is 1. The summed E-state index contributed by atoms with van der Waals surface area (Å²) in [6, 6.07) is 4.84. The summed E-state index contributed by atoms with van der Waals surface area (Å²) in [6.45, 7) is 0.528. The average Bonchev–Trinajstić information content (AvgIpc) is 2.98. The Kier molecular flexibility index (Phi) is 3.21. The van der Waals surface area contributed by atoms with Gasteiger partial charge in [0.05, 0.1) is 18.2 Å². The number of benzene rings is 1. The van der Waals surface area contributed by atoms with Gasteiger partial charge in [-0.15, -0.1) is 0 Å². The number of carboxylic acid groups (broad SMARTS) is 1. The van der Waals surface area contributed by atoms with Gasteiger partial charge in [-0.1, -0.05) is 6.07 Å². The molecule has 21 heavy (non-hydrogen) atoms. The molecule has 2 heterocycles. The molecule has 0 saturated heterocycles. The predicted octanol–water partition coefficient (Wildman–Crippen LogP) is 1.25. The minimum absolute atomic E-state index is 0.0106. The Hall–Kier alpha value is -2.63. The summed E-state index contributed by atoms with van der Waals surface area (Å²) >= 11 is 0. The van der Waals surface area contributed by atoms with Crippen molar-refractivity contribution in [3.8, 4) is 0 Å². The van der Waals surface area contributed by atoms with E-state index in [0.29, 0.717) is 25.1 Å². The van der Waals surface area contributed by atoms with Gasteiger partial charge >= 0.3 is 5.97 Å². The monoisotopic (exact) mass is 285 g/mol. The maximum Gasteiger partial charge on any atom is 0.335 e. The molecule has 0 radical (unpaired) electrons. The first kappa shape index (κ1) is 13.4. The summed E-state index contributed by atoms with van der Waals surface area (Å²) in [5.74, 6) is -0.971. The van der Waals surface area contributed by atoms with Gasteiger partial charge in [-0.25, -0.2) is 4.79 Å². The highest BCUT2D eigenvalue weighted by atomic mass is 16.4. The van der Waals surface area contributed by atoms with E-state index in [1.54, 1.807) is 34.0 Å². The molecule has 1 amide bonds. The van der Waals surface area contributed by atoms with Gasteiger partial charge in [0, 0.05) is 25.5 Å². The molecule has 0 fully saturated rings. The van der Waals surface area contributed by atoms with Crippen LogP contribution < -0.4 is 4.90 Å². The minimum atomic E-state index is -0.982. The fraction of sp³-hybridized carbons (Fsp3) is 0.267. The number of aromatic nitrogens is 2. The fourth-order valence-corrected chi connectivity index (χ4v) is 2.58. The van der Waals surface area contributed by atoms with Gasteiger partial charge in [-0.05, 0) is 29.7 Å². The lowest BCUT2D eigenvalue weighted by atomic mass is 10.1. The first-order valence-corrected chi connectivity index (χ1v) is 6.68. The molecular formula is C15H15N3O3. The molecule has 2 aromatic rings. The molecule has 1 aromatic heterocycles. The lowest BCUT2D eigenvalue weighted by molar-refractivity contribution is -0.117. The average molecular weight is 285 g/mol. The molecule has 108 valence electrons. The van der Waals surface area contributed by atoms with Crippen molar-refractivity contribution in [3.05, 3.63) is 47.3 Å². The number of aromatic carboxylic acids is 1. The normalized spacial score (nSPS) is 13.6. The van der Waals surface area contributed by atoms with E-state index in [1.807, 2.05) is 13.2 Å². The third kappa shape index (κ3) is 2.52. The van der Waals surface area contributed by atoms with Crippen LogP contribution in [0.25, 0.3) is 0 Å². The number of carbonyl (C=O) groups excluding carboxylic acids is 1. The third-order valence-electron chi connectivity index (χ3n) is 3.65. The largest absolute Gasteiger partial charge is 0.478 e. The summed E-state index contributed by atoms with van der Waals surface area (Å²) in [6.07, 6.45) is 4.71. The lowest BCUT2D eigenvalue weighted by Crippen LogP contribution is -2.29. The number of hydrogen-bond donors (Lipinski definition) is 1. The van der Waals surface area contributed by atoms with E-state index >= 15 is 0 Å². The van der Waals surface area contributed by atoms with Crippen molar-refractivity contribution in [2.24, 2.45) is 7.05 Å².